The standard InChI is InChI=1S/C29H30N4O8S/c1-16(2)24(29(37)40-3)33-26(34)18-11-14-21(20-7-5-6-8-22(20)28(36)41-42(4,38)39)23(15-18)27(35)32-19-12-9-17(10-13-19)25(30)31/h5-16,24H,1-4H3,(H3,30,31)(H,32,35)(H,33,34). The molecule has 5 N–H and O–H groups in total. The molecule has 0 heterocycles. The van der Waals surface area contributed by atoms with E-state index in [4.69, 9.17) is 15.9 Å². The molecule has 1 atom stereocenters. The Bertz CT molecular complexity index is 1650. The van der Waals surface area contributed by atoms with Crippen LogP contribution in [0.25, 0.3) is 11.1 Å². The molecule has 3 rings (SSSR count). The molecule has 0 spiro atoms. The fraction of sp³-hybridized carbons (Fsp3) is 0.207. The number of rotatable bonds is 10. The van der Waals surface area contributed by atoms with Gasteiger partial charge in [-0.25, -0.2) is 9.59 Å². The van der Waals surface area contributed by atoms with Crippen molar-refractivity contribution in [3.05, 3.63) is 89.0 Å². The number of esters is 1. The minimum absolute atomic E-state index is 0.0292. The Morgan fingerprint density at radius 3 is 2.02 bits per heavy atom. The van der Waals surface area contributed by atoms with Crippen LogP contribution in [0.4, 0.5) is 5.69 Å². The second kappa shape index (κ2) is 13.1. The van der Waals surface area contributed by atoms with E-state index in [-0.39, 0.29) is 39.6 Å². The summed E-state index contributed by atoms with van der Waals surface area (Å²) in [5, 5.41) is 12.9. The van der Waals surface area contributed by atoms with Crippen molar-refractivity contribution in [1.82, 2.24) is 5.32 Å². The summed E-state index contributed by atoms with van der Waals surface area (Å²) in [6, 6.07) is 15.2. The van der Waals surface area contributed by atoms with E-state index < -0.39 is 39.9 Å². The Morgan fingerprint density at radius 1 is 0.857 bits per heavy atom. The summed E-state index contributed by atoms with van der Waals surface area (Å²) >= 11 is 0. The Hall–Kier alpha value is -5.04. The van der Waals surface area contributed by atoms with Gasteiger partial charge in [-0.15, -0.1) is 0 Å². The Kier molecular flexibility index (Phi) is 9.81. The lowest BCUT2D eigenvalue weighted by Crippen LogP contribution is -2.45. The molecule has 0 aliphatic carbocycles. The van der Waals surface area contributed by atoms with Crippen LogP contribution in [0.3, 0.4) is 0 Å². The number of hydrogen-bond donors (Lipinski definition) is 4. The highest BCUT2D eigenvalue weighted by Gasteiger charge is 2.27. The fourth-order valence-electron chi connectivity index (χ4n) is 3.97. The van der Waals surface area contributed by atoms with Crippen LogP contribution in [0.15, 0.2) is 66.7 Å². The molecule has 0 aliphatic heterocycles. The number of nitrogen functional groups attached to an aromatic ring is 1. The molecule has 3 aromatic carbocycles. The van der Waals surface area contributed by atoms with Crippen LogP contribution < -0.4 is 16.4 Å². The van der Waals surface area contributed by atoms with E-state index >= 15 is 0 Å². The number of carbonyl (C=O) groups excluding carboxylic acids is 4. The quantitative estimate of drug-likeness (QED) is 0.118. The predicted molar refractivity (Wildman–Crippen MR) is 156 cm³/mol. The average molecular weight is 595 g/mol. The number of carbonyl (C=O) groups is 4. The van der Waals surface area contributed by atoms with Crippen LogP contribution >= 0.6 is 0 Å². The van der Waals surface area contributed by atoms with Crippen molar-refractivity contribution in [2.24, 2.45) is 11.7 Å². The van der Waals surface area contributed by atoms with Crippen LogP contribution in [0, 0.1) is 11.3 Å². The number of nitrogens with one attached hydrogen (secondary N) is 3. The smallest absolute Gasteiger partial charge is 0.354 e. The van der Waals surface area contributed by atoms with E-state index in [1.54, 1.807) is 19.9 Å². The third kappa shape index (κ3) is 7.79. The maximum atomic E-state index is 13.6. The van der Waals surface area contributed by atoms with Gasteiger partial charge < -0.3 is 25.3 Å². The van der Waals surface area contributed by atoms with Crippen molar-refractivity contribution < 1.29 is 36.5 Å². The second-order valence-electron chi connectivity index (χ2n) is 9.54. The summed E-state index contributed by atoms with van der Waals surface area (Å²) in [5.74, 6) is -3.57. The van der Waals surface area contributed by atoms with Crippen LogP contribution in [-0.4, -0.2) is 57.4 Å². The van der Waals surface area contributed by atoms with Crippen molar-refractivity contribution in [3.8, 4) is 11.1 Å². The number of benzene rings is 3. The van der Waals surface area contributed by atoms with Crippen LogP contribution in [0.5, 0.6) is 0 Å². The summed E-state index contributed by atoms with van der Waals surface area (Å²) in [7, 11) is -2.93. The molecule has 1 unspecified atom stereocenters. The van der Waals surface area contributed by atoms with E-state index in [9.17, 15) is 27.6 Å². The predicted octanol–water partition coefficient (Wildman–Crippen LogP) is 2.93. The summed E-state index contributed by atoms with van der Waals surface area (Å²) in [4.78, 5) is 51.7. The van der Waals surface area contributed by atoms with E-state index in [0.29, 0.717) is 11.3 Å². The average Bonchev–Trinajstić information content (AvgIpc) is 2.94. The van der Waals surface area contributed by atoms with Gasteiger partial charge in [-0.2, -0.15) is 8.42 Å². The normalized spacial score (nSPS) is 11.7. The zero-order valence-electron chi connectivity index (χ0n) is 23.3. The van der Waals surface area contributed by atoms with Gasteiger partial charge in [0, 0.05) is 22.4 Å². The number of amides is 2. The first-order valence-electron chi connectivity index (χ1n) is 12.5. The van der Waals surface area contributed by atoms with Gasteiger partial charge in [0.1, 0.15) is 11.9 Å². The van der Waals surface area contributed by atoms with E-state index in [1.165, 1.54) is 67.8 Å². The Balaban J connectivity index is 2.11. The lowest BCUT2D eigenvalue weighted by molar-refractivity contribution is -0.144. The maximum absolute atomic E-state index is 13.6. The second-order valence-corrected chi connectivity index (χ2v) is 11.1. The molecular formula is C29H30N4O8S. The van der Waals surface area contributed by atoms with Gasteiger partial charge in [0.2, 0.25) is 0 Å². The molecular weight excluding hydrogens is 564 g/mol. The fourth-order valence-corrected chi connectivity index (χ4v) is 4.33. The van der Waals surface area contributed by atoms with Gasteiger partial charge in [-0.3, -0.25) is 15.0 Å². The number of anilines is 1. The number of amidine groups is 1. The highest BCUT2D eigenvalue weighted by atomic mass is 32.2. The molecule has 13 heteroatoms. The molecule has 3 aromatic rings. The van der Waals surface area contributed by atoms with E-state index in [1.807, 2.05) is 0 Å². The third-order valence-electron chi connectivity index (χ3n) is 6.05. The molecule has 0 saturated carbocycles. The minimum atomic E-state index is -4.14. The molecule has 0 aliphatic rings. The van der Waals surface area contributed by atoms with Crippen molar-refractivity contribution >= 4 is 45.4 Å². The van der Waals surface area contributed by atoms with Gasteiger partial charge in [0.25, 0.3) is 11.8 Å². The van der Waals surface area contributed by atoms with Crippen molar-refractivity contribution in [2.45, 2.75) is 19.9 Å². The van der Waals surface area contributed by atoms with Crippen LogP contribution in [0.1, 0.15) is 50.5 Å². The SMILES string of the molecule is COC(=O)C(NC(=O)c1ccc(-c2ccccc2C(=O)OS(C)(=O)=O)c(C(=O)Nc2ccc(C(=N)N)cc2)c1)C(C)C. The number of ether oxygens (including phenoxy) is 1. The molecule has 220 valence electrons. The topological polar surface area (TPSA) is 195 Å². The Morgan fingerprint density at radius 2 is 1.45 bits per heavy atom. The van der Waals surface area contributed by atoms with E-state index in [2.05, 4.69) is 14.8 Å². The van der Waals surface area contributed by atoms with Gasteiger partial charge in [0.05, 0.1) is 18.9 Å². The van der Waals surface area contributed by atoms with Gasteiger partial charge in [-0.1, -0.05) is 38.1 Å². The zero-order valence-corrected chi connectivity index (χ0v) is 24.1. The monoisotopic (exact) mass is 594 g/mol. The van der Waals surface area contributed by atoms with Crippen LogP contribution in [0.2, 0.25) is 0 Å². The van der Waals surface area contributed by atoms with Gasteiger partial charge >= 0.3 is 22.1 Å². The van der Waals surface area contributed by atoms with Gasteiger partial charge in [0.15, 0.2) is 0 Å². The van der Waals surface area contributed by atoms with Crippen molar-refractivity contribution in [1.29, 1.82) is 5.41 Å². The number of methoxy groups -OCH3 is 1. The van der Waals surface area contributed by atoms with E-state index in [0.717, 1.165) is 6.26 Å². The first kappa shape index (κ1) is 31.5. The minimum Gasteiger partial charge on any atom is -0.467 e. The summed E-state index contributed by atoms with van der Waals surface area (Å²) in [6.07, 6.45) is 0.732. The van der Waals surface area contributed by atoms with Crippen molar-refractivity contribution in [3.63, 3.8) is 0 Å². The first-order valence-corrected chi connectivity index (χ1v) is 14.3. The highest BCUT2D eigenvalue weighted by molar-refractivity contribution is 7.86. The molecule has 12 nitrogen and oxygen atoms in total. The maximum Gasteiger partial charge on any atom is 0.354 e. The summed E-state index contributed by atoms with van der Waals surface area (Å²) in [5.41, 5.74) is 6.50. The molecule has 0 saturated heterocycles. The molecule has 0 fully saturated rings. The third-order valence-corrected chi connectivity index (χ3v) is 6.51. The van der Waals surface area contributed by atoms with Crippen LogP contribution in [-0.2, 0) is 23.8 Å². The molecule has 0 aromatic heterocycles. The first-order chi connectivity index (χ1) is 19.7. The highest BCUT2D eigenvalue weighted by Crippen LogP contribution is 2.30. The lowest BCUT2D eigenvalue weighted by Gasteiger charge is -2.20. The van der Waals surface area contributed by atoms with Gasteiger partial charge in [-0.05, 0) is 59.5 Å². The number of hydrogen-bond acceptors (Lipinski definition) is 9. The Labute approximate surface area is 242 Å². The van der Waals surface area contributed by atoms with Crippen molar-refractivity contribution in [2.75, 3.05) is 18.7 Å². The zero-order chi connectivity index (χ0) is 31.2. The largest absolute Gasteiger partial charge is 0.467 e. The number of nitrogens with two attached hydrogens (primary N) is 1. The summed E-state index contributed by atoms with van der Waals surface area (Å²) in [6.45, 7) is 3.46. The molecule has 2 amide bonds. The lowest BCUT2D eigenvalue weighted by atomic mass is 9.93. The molecule has 0 bridgehead atoms. The summed E-state index contributed by atoms with van der Waals surface area (Å²) < 4.78 is 32.6. The molecule has 0 radical (unpaired) electrons. The molecule has 42 heavy (non-hydrogen) atoms.